The maximum absolute atomic E-state index is 12.9. The van der Waals surface area contributed by atoms with Crippen LogP contribution in [0.4, 0.5) is 24.8 Å². The molecule has 100 valence electrons. The molecule has 4 nitrogen and oxygen atoms in total. The number of nitrogens with two attached hydrogens (primary N) is 1. The number of hydrogen-bond acceptors (Lipinski definition) is 4. The van der Waals surface area contributed by atoms with Crippen LogP contribution in [-0.2, 0) is 0 Å². The Bertz CT molecular complexity index is 634. The Morgan fingerprint density at radius 3 is 2.21 bits per heavy atom. The molecule has 1 heterocycles. The van der Waals surface area contributed by atoms with E-state index in [0.29, 0.717) is 11.0 Å². The van der Waals surface area contributed by atoms with Crippen LogP contribution in [0, 0.1) is 0 Å². The van der Waals surface area contributed by atoms with Crippen molar-refractivity contribution in [3.63, 3.8) is 0 Å². The van der Waals surface area contributed by atoms with Crippen molar-refractivity contribution in [1.82, 2.24) is 9.97 Å². The van der Waals surface area contributed by atoms with Gasteiger partial charge in [-0.1, -0.05) is 12.1 Å². The minimum atomic E-state index is -4.31. The largest absolute Gasteiger partial charge is 0.411 e. The maximum atomic E-state index is 12.9. The molecule has 0 bridgehead atoms. The first kappa shape index (κ1) is 12.0. The lowest BCUT2D eigenvalue weighted by molar-refractivity contribution is -0.151. The quantitative estimate of drug-likeness (QED) is 0.879. The number of hydrogen-bond donors (Lipinski definition) is 2. The first-order valence-electron chi connectivity index (χ1n) is 5.78. The fourth-order valence-electron chi connectivity index (χ4n) is 1.94. The number of halogens is 3. The smallest absolute Gasteiger partial charge is 0.381 e. The Balaban J connectivity index is 2.00. The topological polar surface area (TPSA) is 63.8 Å². The maximum Gasteiger partial charge on any atom is 0.411 e. The van der Waals surface area contributed by atoms with Crippen molar-refractivity contribution in [2.75, 3.05) is 11.1 Å². The molecular weight excluding hydrogens is 257 g/mol. The van der Waals surface area contributed by atoms with E-state index in [1.165, 1.54) is 0 Å². The zero-order chi connectivity index (χ0) is 13.7. The summed E-state index contributed by atoms with van der Waals surface area (Å²) in [6.45, 7) is 0. The lowest BCUT2D eigenvalue weighted by Crippen LogP contribution is -2.39. The number of benzene rings is 1. The van der Waals surface area contributed by atoms with Gasteiger partial charge in [0, 0.05) is 0 Å². The molecule has 0 atom stereocenters. The Hall–Kier alpha value is -2.05. The first-order valence-corrected chi connectivity index (χ1v) is 5.78. The predicted molar refractivity (Wildman–Crippen MR) is 65.6 cm³/mol. The highest BCUT2D eigenvalue weighted by molar-refractivity contribution is 5.79. The van der Waals surface area contributed by atoms with Gasteiger partial charge in [-0.2, -0.15) is 13.2 Å². The summed E-state index contributed by atoms with van der Waals surface area (Å²) in [6.07, 6.45) is -4.25. The van der Waals surface area contributed by atoms with E-state index in [4.69, 9.17) is 5.73 Å². The number of rotatable bonds is 2. The summed E-state index contributed by atoms with van der Waals surface area (Å²) in [7, 11) is 0. The van der Waals surface area contributed by atoms with Crippen LogP contribution in [0.1, 0.15) is 12.8 Å². The van der Waals surface area contributed by atoms with Crippen LogP contribution in [0.5, 0.6) is 0 Å². The van der Waals surface area contributed by atoms with Crippen molar-refractivity contribution in [2.24, 2.45) is 0 Å². The van der Waals surface area contributed by atoms with Crippen molar-refractivity contribution in [2.45, 2.75) is 24.6 Å². The van der Waals surface area contributed by atoms with Crippen LogP contribution in [0.3, 0.4) is 0 Å². The summed E-state index contributed by atoms with van der Waals surface area (Å²) in [4.78, 5) is 8.17. The summed E-state index contributed by atoms with van der Waals surface area (Å²) in [5, 5.41) is 2.41. The minimum absolute atomic E-state index is 0.00600. The van der Waals surface area contributed by atoms with Gasteiger partial charge in [-0.05, 0) is 25.0 Å². The van der Waals surface area contributed by atoms with E-state index in [1.807, 2.05) is 0 Å². The van der Waals surface area contributed by atoms with E-state index in [1.54, 1.807) is 24.3 Å². The molecular formula is C12H11F3N4. The van der Waals surface area contributed by atoms with Gasteiger partial charge in [0.15, 0.2) is 11.6 Å². The predicted octanol–water partition coefficient (Wildman–Crippen LogP) is 2.72. The van der Waals surface area contributed by atoms with Crippen LogP contribution in [0.25, 0.3) is 11.0 Å². The molecule has 0 saturated heterocycles. The first-order chi connectivity index (χ1) is 8.91. The van der Waals surface area contributed by atoms with Crippen molar-refractivity contribution in [1.29, 1.82) is 0 Å². The summed E-state index contributed by atoms with van der Waals surface area (Å²) >= 11 is 0. The van der Waals surface area contributed by atoms with Crippen molar-refractivity contribution in [3.8, 4) is 0 Å². The second-order valence-corrected chi connectivity index (χ2v) is 4.65. The fourth-order valence-corrected chi connectivity index (χ4v) is 1.94. The molecule has 0 unspecified atom stereocenters. The Kier molecular flexibility index (Phi) is 2.35. The lowest BCUT2D eigenvalue weighted by atomic mass is 10.2. The SMILES string of the molecule is Nc1nc2ccccc2nc1NC1(C(F)(F)F)CC1. The minimum Gasteiger partial charge on any atom is -0.381 e. The molecule has 0 spiro atoms. The normalized spacial score (nSPS) is 17.4. The van der Waals surface area contributed by atoms with Crippen molar-refractivity contribution in [3.05, 3.63) is 24.3 Å². The lowest BCUT2D eigenvalue weighted by Gasteiger charge is -2.21. The number of nitrogen functional groups attached to an aromatic ring is 1. The molecule has 7 heteroatoms. The molecule has 2 aromatic rings. The van der Waals surface area contributed by atoms with E-state index in [0.717, 1.165) is 0 Å². The second-order valence-electron chi connectivity index (χ2n) is 4.65. The van der Waals surface area contributed by atoms with Gasteiger partial charge in [0.25, 0.3) is 0 Å². The van der Waals surface area contributed by atoms with E-state index in [-0.39, 0.29) is 24.5 Å². The highest BCUT2D eigenvalue weighted by Gasteiger charge is 2.64. The van der Waals surface area contributed by atoms with Gasteiger partial charge in [-0.3, -0.25) is 0 Å². The highest BCUT2D eigenvalue weighted by Crippen LogP contribution is 2.51. The van der Waals surface area contributed by atoms with Gasteiger partial charge in [-0.15, -0.1) is 0 Å². The number of anilines is 2. The van der Waals surface area contributed by atoms with Gasteiger partial charge in [-0.25, -0.2) is 9.97 Å². The third-order valence-electron chi connectivity index (χ3n) is 3.25. The number of aromatic nitrogens is 2. The van der Waals surface area contributed by atoms with Gasteiger partial charge >= 0.3 is 6.18 Å². The Labute approximate surface area is 106 Å². The summed E-state index contributed by atoms with van der Waals surface area (Å²) < 4.78 is 38.6. The summed E-state index contributed by atoms with van der Waals surface area (Å²) in [5.74, 6) is -0.0252. The van der Waals surface area contributed by atoms with Crippen LogP contribution in [0.15, 0.2) is 24.3 Å². The Morgan fingerprint density at radius 1 is 1.11 bits per heavy atom. The van der Waals surface area contributed by atoms with E-state index >= 15 is 0 Å². The molecule has 3 rings (SSSR count). The van der Waals surface area contributed by atoms with Crippen LogP contribution >= 0.6 is 0 Å². The van der Waals surface area contributed by atoms with Crippen LogP contribution in [0.2, 0.25) is 0 Å². The molecule has 1 saturated carbocycles. The number of nitrogens with zero attached hydrogens (tertiary/aromatic N) is 2. The summed E-state index contributed by atoms with van der Waals surface area (Å²) in [6, 6.07) is 6.90. The zero-order valence-electron chi connectivity index (χ0n) is 9.83. The zero-order valence-corrected chi connectivity index (χ0v) is 9.83. The van der Waals surface area contributed by atoms with Gasteiger partial charge in [0.05, 0.1) is 11.0 Å². The van der Waals surface area contributed by atoms with Crippen molar-refractivity contribution < 1.29 is 13.2 Å². The number of fused-ring (bicyclic) bond motifs is 1. The van der Waals surface area contributed by atoms with E-state index in [2.05, 4.69) is 15.3 Å². The highest BCUT2D eigenvalue weighted by atomic mass is 19.4. The molecule has 0 radical (unpaired) electrons. The molecule has 0 aliphatic heterocycles. The molecule has 1 aliphatic rings. The standard InChI is InChI=1S/C12H11F3N4/c13-12(14,15)11(5-6-11)19-10-9(16)17-7-3-1-2-4-8(7)18-10/h1-4H,5-6H2,(H2,16,17)(H,18,19). The van der Waals surface area contributed by atoms with Gasteiger partial charge in [0.2, 0.25) is 0 Å². The average molecular weight is 268 g/mol. The third kappa shape index (κ3) is 1.94. The van der Waals surface area contributed by atoms with Crippen molar-refractivity contribution >= 4 is 22.7 Å². The van der Waals surface area contributed by atoms with Gasteiger partial charge < -0.3 is 11.1 Å². The summed E-state index contributed by atoms with van der Waals surface area (Å²) in [5.41, 5.74) is 4.84. The van der Waals surface area contributed by atoms with Gasteiger partial charge in [0.1, 0.15) is 5.54 Å². The number of nitrogens with one attached hydrogen (secondary N) is 1. The molecule has 1 aliphatic carbocycles. The average Bonchev–Trinajstić information content (AvgIpc) is 3.10. The molecule has 0 amide bonds. The molecule has 1 fully saturated rings. The molecule has 3 N–H and O–H groups in total. The van der Waals surface area contributed by atoms with Crippen LogP contribution in [-0.4, -0.2) is 21.7 Å². The van der Waals surface area contributed by atoms with Crippen LogP contribution < -0.4 is 11.1 Å². The monoisotopic (exact) mass is 268 g/mol. The fraction of sp³-hybridized carbons (Fsp3) is 0.333. The Morgan fingerprint density at radius 2 is 1.68 bits per heavy atom. The van der Waals surface area contributed by atoms with E-state index < -0.39 is 11.7 Å². The molecule has 1 aromatic carbocycles. The third-order valence-corrected chi connectivity index (χ3v) is 3.25. The molecule has 1 aromatic heterocycles. The number of alkyl halides is 3. The number of para-hydroxylation sites is 2. The molecule has 19 heavy (non-hydrogen) atoms. The second kappa shape index (κ2) is 3.72. The van der Waals surface area contributed by atoms with E-state index in [9.17, 15) is 13.2 Å².